The molecule has 6 heteroatoms. The highest BCUT2D eigenvalue weighted by Crippen LogP contribution is 2.29. The second-order valence-electron chi connectivity index (χ2n) is 6.56. The number of amides is 1. The van der Waals surface area contributed by atoms with Crippen molar-refractivity contribution in [1.29, 1.82) is 0 Å². The molecule has 1 aromatic carbocycles. The van der Waals surface area contributed by atoms with Gasteiger partial charge in [0.2, 0.25) is 0 Å². The first-order valence-corrected chi connectivity index (χ1v) is 9.85. The predicted molar refractivity (Wildman–Crippen MR) is 110 cm³/mol. The van der Waals surface area contributed by atoms with E-state index in [9.17, 15) is 9.59 Å². The van der Waals surface area contributed by atoms with Crippen LogP contribution < -0.4 is 15.6 Å². The lowest BCUT2D eigenvalue weighted by Gasteiger charge is -2.15. The number of fused-ring (bicyclic) bond motifs is 1. The Labute approximate surface area is 162 Å². The van der Waals surface area contributed by atoms with Crippen molar-refractivity contribution < 1.29 is 9.53 Å². The van der Waals surface area contributed by atoms with Gasteiger partial charge in [-0.2, -0.15) is 0 Å². The SMILES string of the molecule is CCCn1ccc2sc(C)c(C(=O)N[C@@H](C)c3ccc(OC)cc3)c2c1=O. The van der Waals surface area contributed by atoms with Gasteiger partial charge in [-0.3, -0.25) is 9.59 Å². The standard InChI is InChI=1S/C21H24N2O3S/c1-5-11-23-12-10-17-19(21(23)25)18(14(3)27-17)20(24)22-13(2)15-6-8-16(26-4)9-7-15/h6-10,12-13H,5,11H2,1-4H3,(H,22,24)/t13-/m0/s1. The van der Waals surface area contributed by atoms with E-state index in [-0.39, 0.29) is 17.5 Å². The fraction of sp³-hybridized carbons (Fsp3) is 0.333. The molecule has 0 aliphatic rings. The average molecular weight is 385 g/mol. The fourth-order valence-electron chi connectivity index (χ4n) is 3.20. The van der Waals surface area contributed by atoms with Crippen LogP contribution in [0.2, 0.25) is 0 Å². The number of nitrogens with one attached hydrogen (secondary N) is 1. The molecule has 0 aliphatic heterocycles. The minimum absolute atomic E-state index is 0.0963. The predicted octanol–water partition coefficient (Wildman–Crippen LogP) is 4.28. The lowest BCUT2D eigenvalue weighted by molar-refractivity contribution is 0.0941. The Morgan fingerprint density at radius 3 is 2.59 bits per heavy atom. The number of aryl methyl sites for hydroxylation is 2. The van der Waals surface area contributed by atoms with Crippen molar-refractivity contribution in [3.8, 4) is 5.75 Å². The van der Waals surface area contributed by atoms with Crippen molar-refractivity contribution in [2.45, 2.75) is 39.8 Å². The van der Waals surface area contributed by atoms with E-state index in [1.807, 2.05) is 57.3 Å². The van der Waals surface area contributed by atoms with Crippen molar-refractivity contribution in [2.24, 2.45) is 0 Å². The van der Waals surface area contributed by atoms with Crippen molar-refractivity contribution in [3.05, 3.63) is 62.9 Å². The number of methoxy groups -OCH3 is 1. The summed E-state index contributed by atoms with van der Waals surface area (Å²) in [6.07, 6.45) is 2.68. The third kappa shape index (κ3) is 3.76. The van der Waals surface area contributed by atoms with E-state index in [0.717, 1.165) is 27.3 Å². The molecule has 5 nitrogen and oxygen atoms in total. The number of aromatic nitrogens is 1. The Kier molecular flexibility index (Phi) is 5.65. The van der Waals surface area contributed by atoms with E-state index >= 15 is 0 Å². The normalized spacial score (nSPS) is 12.1. The van der Waals surface area contributed by atoms with Gasteiger partial charge >= 0.3 is 0 Å². The molecule has 1 N–H and O–H groups in total. The molecule has 27 heavy (non-hydrogen) atoms. The van der Waals surface area contributed by atoms with E-state index in [1.165, 1.54) is 11.3 Å². The van der Waals surface area contributed by atoms with Crippen LogP contribution >= 0.6 is 11.3 Å². The second-order valence-corrected chi connectivity index (χ2v) is 7.81. The van der Waals surface area contributed by atoms with Gasteiger partial charge in [0.1, 0.15) is 5.75 Å². The molecular formula is C21H24N2O3S. The van der Waals surface area contributed by atoms with Crippen molar-refractivity contribution >= 4 is 27.3 Å². The van der Waals surface area contributed by atoms with Gasteiger partial charge in [0.25, 0.3) is 11.5 Å². The molecule has 0 unspecified atom stereocenters. The lowest BCUT2D eigenvalue weighted by atomic mass is 10.1. The monoisotopic (exact) mass is 384 g/mol. The molecule has 142 valence electrons. The number of ether oxygens (including phenoxy) is 1. The van der Waals surface area contributed by atoms with Gasteiger partial charge in [0.15, 0.2) is 0 Å². The van der Waals surface area contributed by atoms with E-state index in [4.69, 9.17) is 4.74 Å². The minimum atomic E-state index is -0.214. The van der Waals surface area contributed by atoms with E-state index in [1.54, 1.807) is 11.7 Å². The van der Waals surface area contributed by atoms with Crippen LogP contribution in [0.5, 0.6) is 5.75 Å². The average Bonchev–Trinajstić information content (AvgIpc) is 3.01. The van der Waals surface area contributed by atoms with E-state index in [0.29, 0.717) is 17.5 Å². The van der Waals surface area contributed by atoms with Crippen LogP contribution in [0.25, 0.3) is 10.1 Å². The highest BCUT2D eigenvalue weighted by Gasteiger charge is 2.21. The Morgan fingerprint density at radius 1 is 1.26 bits per heavy atom. The van der Waals surface area contributed by atoms with Crippen LogP contribution in [0.15, 0.2) is 41.3 Å². The molecule has 0 radical (unpaired) electrons. The third-order valence-corrected chi connectivity index (χ3v) is 5.72. The molecule has 1 amide bonds. The maximum Gasteiger partial charge on any atom is 0.260 e. The van der Waals surface area contributed by atoms with Gasteiger partial charge in [-0.05, 0) is 44.0 Å². The first kappa shape index (κ1) is 19.2. The fourth-order valence-corrected chi connectivity index (χ4v) is 4.25. The van der Waals surface area contributed by atoms with E-state index < -0.39 is 0 Å². The van der Waals surface area contributed by atoms with Gasteiger partial charge in [-0.15, -0.1) is 11.3 Å². The van der Waals surface area contributed by atoms with Gasteiger partial charge in [0.05, 0.1) is 24.1 Å². The molecule has 0 saturated heterocycles. The third-order valence-electron chi connectivity index (χ3n) is 4.65. The zero-order valence-electron chi connectivity index (χ0n) is 16.0. The lowest BCUT2D eigenvalue weighted by Crippen LogP contribution is -2.28. The van der Waals surface area contributed by atoms with Crippen LogP contribution in [-0.4, -0.2) is 17.6 Å². The topological polar surface area (TPSA) is 60.3 Å². The molecule has 3 rings (SSSR count). The van der Waals surface area contributed by atoms with Gasteiger partial charge < -0.3 is 14.6 Å². The van der Waals surface area contributed by atoms with Gasteiger partial charge in [-0.1, -0.05) is 19.1 Å². The Morgan fingerprint density at radius 2 is 1.96 bits per heavy atom. The highest BCUT2D eigenvalue weighted by atomic mass is 32.1. The quantitative estimate of drug-likeness (QED) is 0.690. The summed E-state index contributed by atoms with van der Waals surface area (Å²) in [7, 11) is 1.62. The molecular weight excluding hydrogens is 360 g/mol. The van der Waals surface area contributed by atoms with Crippen LogP contribution in [0.1, 0.15) is 47.1 Å². The first-order chi connectivity index (χ1) is 13.0. The number of hydrogen-bond donors (Lipinski definition) is 1. The minimum Gasteiger partial charge on any atom is -0.497 e. The molecule has 0 fully saturated rings. The van der Waals surface area contributed by atoms with Gasteiger partial charge in [-0.25, -0.2) is 0 Å². The molecule has 0 aliphatic carbocycles. The second kappa shape index (κ2) is 7.96. The van der Waals surface area contributed by atoms with Crippen molar-refractivity contribution in [2.75, 3.05) is 7.11 Å². The smallest absolute Gasteiger partial charge is 0.260 e. The summed E-state index contributed by atoms with van der Waals surface area (Å²) in [6.45, 7) is 6.49. The number of pyridine rings is 1. The summed E-state index contributed by atoms with van der Waals surface area (Å²) in [6, 6.07) is 9.33. The maximum atomic E-state index is 13.0. The summed E-state index contributed by atoms with van der Waals surface area (Å²) in [5, 5.41) is 3.55. The van der Waals surface area contributed by atoms with Crippen molar-refractivity contribution in [1.82, 2.24) is 9.88 Å². The highest BCUT2D eigenvalue weighted by molar-refractivity contribution is 7.19. The zero-order chi connectivity index (χ0) is 19.6. The number of carbonyl (C=O) groups is 1. The van der Waals surface area contributed by atoms with Gasteiger partial charge in [0, 0.05) is 22.3 Å². The Bertz CT molecular complexity index is 1020. The van der Waals surface area contributed by atoms with Crippen LogP contribution in [0.4, 0.5) is 0 Å². The molecule has 1 atom stereocenters. The molecule has 0 spiro atoms. The number of benzene rings is 1. The van der Waals surface area contributed by atoms with E-state index in [2.05, 4.69) is 5.32 Å². The summed E-state index contributed by atoms with van der Waals surface area (Å²) in [5.74, 6) is 0.557. The molecule has 2 aromatic heterocycles. The summed E-state index contributed by atoms with van der Waals surface area (Å²) in [5.41, 5.74) is 1.37. The number of hydrogen-bond acceptors (Lipinski definition) is 4. The maximum absolute atomic E-state index is 13.0. The number of rotatable bonds is 6. The summed E-state index contributed by atoms with van der Waals surface area (Å²) < 4.78 is 7.71. The first-order valence-electron chi connectivity index (χ1n) is 9.03. The number of thiophene rings is 1. The summed E-state index contributed by atoms with van der Waals surface area (Å²) in [4.78, 5) is 26.7. The molecule has 2 heterocycles. The largest absolute Gasteiger partial charge is 0.497 e. The van der Waals surface area contributed by atoms with Crippen LogP contribution in [-0.2, 0) is 6.54 Å². The molecule has 3 aromatic rings. The zero-order valence-corrected chi connectivity index (χ0v) is 16.9. The number of nitrogens with zero attached hydrogens (tertiary/aromatic N) is 1. The molecule has 0 bridgehead atoms. The Hall–Kier alpha value is -2.60. The number of carbonyl (C=O) groups excluding carboxylic acids is 1. The molecule has 0 saturated carbocycles. The van der Waals surface area contributed by atoms with Crippen LogP contribution in [0.3, 0.4) is 0 Å². The summed E-state index contributed by atoms with van der Waals surface area (Å²) >= 11 is 1.49. The Balaban J connectivity index is 1.93. The van der Waals surface area contributed by atoms with Crippen LogP contribution in [0, 0.1) is 6.92 Å². The van der Waals surface area contributed by atoms with Crippen molar-refractivity contribution in [3.63, 3.8) is 0 Å².